The highest BCUT2D eigenvalue weighted by Gasteiger charge is 2.35. The number of methoxy groups -OCH3 is 1. The molecule has 0 spiro atoms. The van der Waals surface area contributed by atoms with Crippen LogP contribution < -0.4 is 0 Å². The molecule has 0 saturated heterocycles. The number of rotatable bonds is 7. The average molecular weight is 496 g/mol. The van der Waals surface area contributed by atoms with Crippen molar-refractivity contribution in [3.05, 3.63) is 82.2 Å². The van der Waals surface area contributed by atoms with Crippen molar-refractivity contribution >= 4 is 27.4 Å². The molecule has 1 aliphatic heterocycles. The predicted molar refractivity (Wildman–Crippen MR) is 127 cm³/mol. The van der Waals surface area contributed by atoms with Crippen LogP contribution in [0.25, 0.3) is 0 Å². The van der Waals surface area contributed by atoms with Gasteiger partial charge in [0, 0.05) is 35.2 Å². The van der Waals surface area contributed by atoms with Crippen LogP contribution in [-0.2, 0) is 19.3 Å². The van der Waals surface area contributed by atoms with E-state index in [4.69, 9.17) is 9.47 Å². The Morgan fingerprint density at radius 2 is 1.69 bits per heavy atom. The summed E-state index contributed by atoms with van der Waals surface area (Å²) in [6.07, 6.45) is 0. The van der Waals surface area contributed by atoms with Gasteiger partial charge in [0.25, 0.3) is 0 Å². The second kappa shape index (κ2) is 9.24. The topological polar surface area (TPSA) is 109 Å². The Balaban J connectivity index is 1.55. The molecule has 0 saturated carbocycles. The molecule has 1 aromatic heterocycles. The lowest BCUT2D eigenvalue weighted by Gasteiger charge is -2.19. The molecule has 2 aromatic carbocycles. The van der Waals surface area contributed by atoms with E-state index in [9.17, 15) is 22.8 Å². The smallest absolute Gasteiger partial charge is 0.338 e. The van der Waals surface area contributed by atoms with Crippen LogP contribution in [0.1, 0.15) is 61.0 Å². The first-order chi connectivity index (χ1) is 16.6. The molecular formula is C26H25NO7S. The third kappa shape index (κ3) is 4.21. The van der Waals surface area contributed by atoms with E-state index in [1.165, 1.54) is 30.3 Å². The van der Waals surface area contributed by atoms with Gasteiger partial charge in [-0.05, 0) is 57.2 Å². The molecule has 0 fully saturated rings. The first kappa shape index (κ1) is 24.6. The van der Waals surface area contributed by atoms with Crippen molar-refractivity contribution in [1.82, 2.24) is 4.57 Å². The van der Waals surface area contributed by atoms with E-state index in [-0.39, 0.29) is 38.3 Å². The number of hydrogen-bond acceptors (Lipinski definition) is 7. The summed E-state index contributed by atoms with van der Waals surface area (Å²) in [4.78, 5) is 37.9. The van der Waals surface area contributed by atoms with E-state index >= 15 is 0 Å². The Bertz CT molecular complexity index is 1470. The molecule has 0 aliphatic carbocycles. The molecule has 35 heavy (non-hydrogen) atoms. The van der Waals surface area contributed by atoms with Gasteiger partial charge in [-0.25, -0.2) is 13.2 Å². The number of aromatic nitrogens is 1. The standard InChI is InChI=1S/C26H25NO7S/c1-15-11-21(17(3)27(15)16(2)13-33-4)22(28)14-34-26(30)18-9-10-20-24(12-18)35(31,32)23-8-6-5-7-19(23)25(20)29/h5-12,16H,13-14H2,1-4H3/t16-/m1/s1. The van der Waals surface area contributed by atoms with Gasteiger partial charge in [0.1, 0.15) is 0 Å². The monoisotopic (exact) mass is 495 g/mol. The number of aryl methyl sites for hydroxylation is 1. The highest BCUT2D eigenvalue weighted by atomic mass is 32.2. The largest absolute Gasteiger partial charge is 0.454 e. The Hall–Kier alpha value is -3.56. The number of Topliss-reactive ketones (excluding diaryl/α,β-unsaturated/α-hetero) is 1. The van der Waals surface area contributed by atoms with Crippen molar-refractivity contribution in [3.63, 3.8) is 0 Å². The molecule has 2 heterocycles. The molecule has 0 bridgehead atoms. The van der Waals surface area contributed by atoms with Gasteiger partial charge in [-0.3, -0.25) is 9.59 Å². The molecule has 8 nitrogen and oxygen atoms in total. The lowest BCUT2D eigenvalue weighted by atomic mass is 10.0. The Morgan fingerprint density at radius 1 is 1.00 bits per heavy atom. The van der Waals surface area contributed by atoms with Crippen molar-refractivity contribution in [3.8, 4) is 0 Å². The third-order valence-electron chi connectivity index (χ3n) is 6.14. The summed E-state index contributed by atoms with van der Waals surface area (Å²) < 4.78 is 38.5. The molecular weight excluding hydrogens is 470 g/mol. The summed E-state index contributed by atoms with van der Waals surface area (Å²) in [5, 5.41) is 0. The van der Waals surface area contributed by atoms with Crippen LogP contribution in [0.5, 0.6) is 0 Å². The zero-order chi connectivity index (χ0) is 25.5. The molecule has 0 N–H and O–H groups in total. The number of ether oxygens (including phenoxy) is 2. The lowest BCUT2D eigenvalue weighted by Crippen LogP contribution is -2.21. The van der Waals surface area contributed by atoms with Crippen LogP contribution in [0.4, 0.5) is 0 Å². The minimum atomic E-state index is -3.99. The van der Waals surface area contributed by atoms with Gasteiger partial charge in [0.05, 0.1) is 28.0 Å². The number of fused-ring (bicyclic) bond motifs is 2. The highest BCUT2D eigenvalue weighted by molar-refractivity contribution is 7.91. The van der Waals surface area contributed by atoms with Crippen LogP contribution in [0.3, 0.4) is 0 Å². The van der Waals surface area contributed by atoms with Gasteiger partial charge in [-0.2, -0.15) is 0 Å². The maximum absolute atomic E-state index is 13.1. The van der Waals surface area contributed by atoms with E-state index in [0.717, 1.165) is 17.5 Å². The van der Waals surface area contributed by atoms with E-state index in [1.54, 1.807) is 19.2 Å². The third-order valence-corrected chi connectivity index (χ3v) is 7.99. The minimum absolute atomic E-state index is 0.00561. The maximum Gasteiger partial charge on any atom is 0.338 e. The molecule has 0 unspecified atom stereocenters. The van der Waals surface area contributed by atoms with Gasteiger partial charge >= 0.3 is 5.97 Å². The maximum atomic E-state index is 13.1. The van der Waals surface area contributed by atoms with Gasteiger partial charge in [-0.1, -0.05) is 12.1 Å². The van der Waals surface area contributed by atoms with Crippen molar-refractivity contribution < 1.29 is 32.3 Å². The molecule has 9 heteroatoms. The summed E-state index contributed by atoms with van der Waals surface area (Å²) in [6, 6.07) is 11.5. The summed E-state index contributed by atoms with van der Waals surface area (Å²) >= 11 is 0. The second-order valence-electron chi connectivity index (χ2n) is 8.50. The fraction of sp³-hybridized carbons (Fsp3) is 0.269. The molecule has 182 valence electrons. The van der Waals surface area contributed by atoms with Crippen molar-refractivity contribution in [2.75, 3.05) is 20.3 Å². The predicted octanol–water partition coefficient (Wildman–Crippen LogP) is 3.73. The van der Waals surface area contributed by atoms with Gasteiger partial charge in [-0.15, -0.1) is 0 Å². The van der Waals surface area contributed by atoms with Crippen molar-refractivity contribution in [1.29, 1.82) is 0 Å². The number of esters is 1. The molecule has 1 aliphatic rings. The Labute approximate surface area is 203 Å². The first-order valence-corrected chi connectivity index (χ1v) is 12.5. The van der Waals surface area contributed by atoms with Crippen molar-refractivity contribution in [2.45, 2.75) is 36.6 Å². The Kier molecular flexibility index (Phi) is 6.48. The zero-order valence-electron chi connectivity index (χ0n) is 19.8. The Morgan fingerprint density at radius 3 is 2.40 bits per heavy atom. The summed E-state index contributed by atoms with van der Waals surface area (Å²) in [5.74, 6) is -1.67. The molecule has 1 atom stereocenters. The van der Waals surface area contributed by atoms with Crippen molar-refractivity contribution in [2.24, 2.45) is 0 Å². The summed E-state index contributed by atoms with van der Waals surface area (Å²) in [5.41, 5.74) is 2.09. The molecule has 3 aromatic rings. The molecule has 4 rings (SSSR count). The van der Waals surface area contributed by atoms with Gasteiger partial charge < -0.3 is 14.0 Å². The summed E-state index contributed by atoms with van der Waals surface area (Å²) in [7, 11) is -2.39. The fourth-order valence-electron chi connectivity index (χ4n) is 4.56. The van der Waals surface area contributed by atoms with Gasteiger partial charge in [0.15, 0.2) is 12.4 Å². The SMILES string of the molecule is COC[C@@H](C)n1c(C)cc(C(=O)COC(=O)c2ccc3c(c2)S(=O)(=O)c2ccccc2C3=O)c1C. The second-order valence-corrected chi connectivity index (χ2v) is 10.4. The number of ketones is 2. The fourth-order valence-corrected chi connectivity index (χ4v) is 6.23. The van der Waals surface area contributed by atoms with Crippen LogP contribution in [0, 0.1) is 13.8 Å². The number of nitrogens with zero attached hydrogens (tertiary/aromatic N) is 1. The van der Waals surface area contributed by atoms with Crippen LogP contribution >= 0.6 is 0 Å². The quantitative estimate of drug-likeness (QED) is 0.284. The van der Waals surface area contributed by atoms with Gasteiger partial charge in [0.2, 0.25) is 15.6 Å². The van der Waals surface area contributed by atoms with Crippen LogP contribution in [0.2, 0.25) is 0 Å². The lowest BCUT2D eigenvalue weighted by molar-refractivity contribution is 0.0474. The van der Waals surface area contributed by atoms with E-state index in [2.05, 4.69) is 0 Å². The minimum Gasteiger partial charge on any atom is -0.454 e. The zero-order valence-corrected chi connectivity index (χ0v) is 20.6. The normalized spacial score (nSPS) is 14.7. The van der Waals surface area contributed by atoms with Crippen LogP contribution in [0.15, 0.2) is 58.3 Å². The molecule has 0 amide bonds. The van der Waals surface area contributed by atoms with E-state index < -0.39 is 28.2 Å². The van der Waals surface area contributed by atoms with E-state index in [0.29, 0.717) is 12.2 Å². The van der Waals surface area contributed by atoms with Crippen LogP contribution in [-0.4, -0.2) is 50.8 Å². The molecule has 0 radical (unpaired) electrons. The summed E-state index contributed by atoms with van der Waals surface area (Å²) in [6.45, 7) is 5.65. The van der Waals surface area contributed by atoms with E-state index in [1.807, 2.05) is 25.3 Å². The first-order valence-electron chi connectivity index (χ1n) is 11.0. The number of carbonyl (C=O) groups excluding carboxylic acids is 3. The number of hydrogen-bond donors (Lipinski definition) is 0. The highest BCUT2D eigenvalue weighted by Crippen LogP contribution is 2.35. The number of sulfone groups is 1. The average Bonchev–Trinajstić information content (AvgIpc) is 3.14. The number of benzene rings is 2. The number of carbonyl (C=O) groups is 3.